The summed E-state index contributed by atoms with van der Waals surface area (Å²) in [6.07, 6.45) is -0.613. The molecule has 0 aromatic carbocycles. The smallest absolute Gasteiger partial charge is 0.210 e. The number of hydrogen-bond acceptors (Lipinski definition) is 4. The minimum absolute atomic E-state index is 0.00790. The van der Waals surface area contributed by atoms with Crippen molar-refractivity contribution in [2.24, 2.45) is 5.92 Å². The van der Waals surface area contributed by atoms with Gasteiger partial charge in [-0.15, -0.1) is 9.19 Å². The van der Waals surface area contributed by atoms with Gasteiger partial charge in [-0.1, -0.05) is 12.8 Å². The Morgan fingerprint density at radius 3 is 2.44 bits per heavy atom. The normalized spacial score (nSPS) is 18.4. The lowest BCUT2D eigenvalue weighted by Crippen LogP contribution is -2.22. The summed E-state index contributed by atoms with van der Waals surface area (Å²) >= 11 is 0. The van der Waals surface area contributed by atoms with Crippen LogP contribution in [0.1, 0.15) is 31.5 Å². The van der Waals surface area contributed by atoms with Crippen LogP contribution in [0, 0.1) is 5.92 Å². The third kappa shape index (κ3) is 2.82. The molecule has 1 aromatic rings. The Morgan fingerprint density at radius 2 is 1.94 bits per heavy atom. The average molecular weight is 283 g/mol. The van der Waals surface area contributed by atoms with E-state index in [0.717, 1.165) is 25.7 Å². The molecule has 0 unspecified atom stereocenters. The van der Waals surface area contributed by atoms with Gasteiger partial charge in [-0.3, -0.25) is 0 Å². The molecular formula is C9H12F3N3O2S. The fourth-order valence-electron chi connectivity index (χ4n) is 2.06. The molecule has 1 heterocycles. The number of nitrogens with zero attached hydrogens (tertiary/aromatic N) is 3. The Kier molecular flexibility index (Phi) is 3.35. The molecule has 1 aliphatic carbocycles. The first-order valence-corrected chi connectivity index (χ1v) is 7.12. The van der Waals surface area contributed by atoms with E-state index in [1.54, 1.807) is 0 Å². The second-order valence-electron chi connectivity index (χ2n) is 4.37. The number of aromatic nitrogens is 3. The number of alkyl halides is 3. The fraction of sp³-hybridized carbons (Fsp3) is 0.778. The Morgan fingerprint density at radius 1 is 1.33 bits per heavy atom. The van der Waals surface area contributed by atoms with Crippen LogP contribution in [0.4, 0.5) is 13.2 Å². The first-order valence-electron chi connectivity index (χ1n) is 5.51. The van der Waals surface area contributed by atoms with Gasteiger partial charge in [0.2, 0.25) is 0 Å². The minimum atomic E-state index is -4.73. The fourth-order valence-corrected chi connectivity index (χ4v) is 3.54. The van der Waals surface area contributed by atoms with Crippen molar-refractivity contribution in [1.82, 2.24) is 14.2 Å². The lowest BCUT2D eigenvalue weighted by Gasteiger charge is -2.09. The molecule has 0 saturated heterocycles. The van der Waals surface area contributed by atoms with Crippen LogP contribution in [0.25, 0.3) is 0 Å². The molecule has 0 aliphatic heterocycles. The Hall–Kier alpha value is -1.12. The maximum absolute atomic E-state index is 12.3. The van der Waals surface area contributed by atoms with Gasteiger partial charge in [0.25, 0.3) is 15.8 Å². The van der Waals surface area contributed by atoms with Gasteiger partial charge < -0.3 is 0 Å². The Bertz CT molecular complexity index is 517. The highest BCUT2D eigenvalue weighted by molar-refractivity contribution is 7.89. The number of rotatable bonds is 3. The molecule has 1 fully saturated rings. The van der Waals surface area contributed by atoms with Crippen LogP contribution in [0.5, 0.6) is 0 Å². The molecule has 18 heavy (non-hydrogen) atoms. The monoisotopic (exact) mass is 283 g/mol. The van der Waals surface area contributed by atoms with Crippen LogP contribution in [-0.2, 0) is 16.2 Å². The summed E-state index contributed by atoms with van der Waals surface area (Å²) in [6, 6.07) is 0. The molecule has 0 radical (unpaired) electrons. The molecule has 0 amide bonds. The zero-order valence-corrected chi connectivity index (χ0v) is 10.2. The third-order valence-corrected chi connectivity index (χ3v) is 4.57. The molecule has 0 N–H and O–H groups in total. The van der Waals surface area contributed by atoms with Crippen molar-refractivity contribution < 1.29 is 21.6 Å². The summed E-state index contributed by atoms with van der Waals surface area (Å²) in [4.78, 5) is 2.98. The molecular weight excluding hydrogens is 271 g/mol. The van der Waals surface area contributed by atoms with Gasteiger partial charge in [0.15, 0.2) is 0 Å². The van der Waals surface area contributed by atoms with Crippen molar-refractivity contribution in [2.75, 3.05) is 5.75 Å². The van der Waals surface area contributed by atoms with Gasteiger partial charge in [-0.2, -0.15) is 13.2 Å². The van der Waals surface area contributed by atoms with Gasteiger partial charge in [0.05, 0.1) is 5.75 Å². The summed E-state index contributed by atoms with van der Waals surface area (Å²) in [7, 11) is -3.84. The molecule has 0 atom stereocenters. The zero-order valence-electron chi connectivity index (χ0n) is 9.39. The molecule has 0 bridgehead atoms. The molecule has 2 rings (SSSR count). The van der Waals surface area contributed by atoms with Gasteiger partial charge in [-0.25, -0.2) is 13.4 Å². The van der Waals surface area contributed by atoms with Gasteiger partial charge in [0.1, 0.15) is 6.33 Å². The van der Waals surface area contributed by atoms with E-state index in [9.17, 15) is 21.6 Å². The largest absolute Gasteiger partial charge is 0.453 e. The average Bonchev–Trinajstić information content (AvgIpc) is 2.83. The SMILES string of the molecule is O=S(=O)(CC1CCCC1)n1cnc(C(F)(F)F)n1. The first-order chi connectivity index (χ1) is 8.29. The van der Waals surface area contributed by atoms with Crippen molar-refractivity contribution in [3.8, 4) is 0 Å². The quantitative estimate of drug-likeness (QED) is 0.846. The van der Waals surface area contributed by atoms with E-state index in [4.69, 9.17) is 0 Å². The second kappa shape index (κ2) is 4.52. The molecule has 9 heteroatoms. The van der Waals surface area contributed by atoms with Crippen LogP contribution in [-0.4, -0.2) is 28.3 Å². The first kappa shape index (κ1) is 13.3. The topological polar surface area (TPSA) is 64.8 Å². The highest BCUT2D eigenvalue weighted by Gasteiger charge is 2.37. The van der Waals surface area contributed by atoms with Gasteiger partial charge >= 0.3 is 6.18 Å². The molecule has 102 valence electrons. The minimum Gasteiger partial charge on any atom is -0.210 e. The third-order valence-electron chi connectivity index (χ3n) is 2.93. The van der Waals surface area contributed by atoms with E-state index >= 15 is 0 Å². The van der Waals surface area contributed by atoms with E-state index in [2.05, 4.69) is 10.1 Å². The molecule has 1 saturated carbocycles. The maximum Gasteiger partial charge on any atom is 0.453 e. The zero-order chi connectivity index (χ0) is 13.4. The number of hydrogen-bond donors (Lipinski definition) is 0. The van der Waals surface area contributed by atoms with Crippen LogP contribution >= 0.6 is 0 Å². The molecule has 5 nitrogen and oxygen atoms in total. The van der Waals surface area contributed by atoms with Crippen molar-refractivity contribution >= 4 is 10.0 Å². The summed E-state index contributed by atoms with van der Waals surface area (Å²) < 4.78 is 60.8. The lowest BCUT2D eigenvalue weighted by molar-refractivity contribution is -0.144. The van der Waals surface area contributed by atoms with Crippen LogP contribution in [0.3, 0.4) is 0 Å². The van der Waals surface area contributed by atoms with Crippen molar-refractivity contribution in [2.45, 2.75) is 31.9 Å². The van der Waals surface area contributed by atoms with E-state index in [1.807, 2.05) is 0 Å². The molecule has 0 spiro atoms. The molecule has 1 aliphatic rings. The van der Waals surface area contributed by atoms with Gasteiger partial charge in [0, 0.05) is 0 Å². The lowest BCUT2D eigenvalue weighted by atomic mass is 10.1. The highest BCUT2D eigenvalue weighted by Crippen LogP contribution is 2.28. The van der Waals surface area contributed by atoms with Crippen LogP contribution in [0.15, 0.2) is 6.33 Å². The van der Waals surface area contributed by atoms with Crippen LogP contribution in [0.2, 0.25) is 0 Å². The Labute approximate surface area is 102 Å². The Balaban J connectivity index is 2.17. The van der Waals surface area contributed by atoms with E-state index < -0.39 is 22.0 Å². The van der Waals surface area contributed by atoms with Crippen molar-refractivity contribution in [1.29, 1.82) is 0 Å². The number of halogens is 3. The highest BCUT2D eigenvalue weighted by atomic mass is 32.2. The maximum atomic E-state index is 12.3. The summed E-state index contributed by atoms with van der Waals surface area (Å²) in [6.45, 7) is 0. The summed E-state index contributed by atoms with van der Waals surface area (Å²) in [5.74, 6) is -1.60. The van der Waals surface area contributed by atoms with Gasteiger partial charge in [-0.05, 0) is 18.8 Å². The van der Waals surface area contributed by atoms with E-state index in [1.165, 1.54) is 0 Å². The van der Waals surface area contributed by atoms with Crippen molar-refractivity contribution in [3.05, 3.63) is 12.2 Å². The predicted molar refractivity (Wildman–Crippen MR) is 56.2 cm³/mol. The van der Waals surface area contributed by atoms with Crippen LogP contribution < -0.4 is 0 Å². The second-order valence-corrected chi connectivity index (χ2v) is 6.24. The van der Waals surface area contributed by atoms with E-state index in [0.29, 0.717) is 10.4 Å². The standard InChI is InChI=1S/C9H12F3N3O2S/c10-9(11,12)8-13-6-15(14-8)18(16,17)5-7-3-1-2-4-7/h6-7H,1-5H2. The summed E-state index contributed by atoms with van der Waals surface area (Å²) in [5, 5.41) is 2.99. The summed E-state index contributed by atoms with van der Waals surface area (Å²) in [5.41, 5.74) is 0. The van der Waals surface area contributed by atoms with E-state index in [-0.39, 0.29) is 11.7 Å². The van der Waals surface area contributed by atoms with Crippen molar-refractivity contribution in [3.63, 3.8) is 0 Å². The molecule has 1 aromatic heterocycles. The predicted octanol–water partition coefficient (Wildman–Crippen LogP) is 1.67.